The first-order valence-corrected chi connectivity index (χ1v) is 6.75. The SMILES string of the molecule is Cc1c2c(C(F)(F)F)cc(N3CCNCC3)nc2nn1C. The molecule has 3 rings (SSSR count). The number of nitrogens with one attached hydrogen (secondary N) is 1. The molecular weight excluding hydrogens is 283 g/mol. The van der Waals surface area contributed by atoms with Gasteiger partial charge in [-0.15, -0.1) is 0 Å². The molecule has 5 nitrogen and oxygen atoms in total. The molecule has 0 atom stereocenters. The second-order valence-electron chi connectivity index (χ2n) is 5.17. The maximum absolute atomic E-state index is 13.4. The molecule has 0 saturated carbocycles. The van der Waals surface area contributed by atoms with Crippen LogP contribution in [0.2, 0.25) is 0 Å². The number of anilines is 1. The van der Waals surface area contributed by atoms with Crippen molar-refractivity contribution in [1.82, 2.24) is 20.1 Å². The van der Waals surface area contributed by atoms with Gasteiger partial charge in [0.15, 0.2) is 5.65 Å². The molecule has 0 radical (unpaired) electrons. The molecule has 0 unspecified atom stereocenters. The molecule has 2 aromatic heterocycles. The minimum absolute atomic E-state index is 0.0869. The Kier molecular flexibility index (Phi) is 3.27. The van der Waals surface area contributed by atoms with E-state index in [0.717, 1.165) is 19.2 Å². The summed E-state index contributed by atoms with van der Waals surface area (Å²) in [7, 11) is 1.63. The molecule has 114 valence electrons. The van der Waals surface area contributed by atoms with E-state index in [0.29, 0.717) is 24.6 Å². The van der Waals surface area contributed by atoms with Crippen LogP contribution in [0.5, 0.6) is 0 Å². The van der Waals surface area contributed by atoms with Crippen LogP contribution in [0.25, 0.3) is 11.0 Å². The lowest BCUT2D eigenvalue weighted by atomic mass is 10.1. The summed E-state index contributed by atoms with van der Waals surface area (Å²) in [5.41, 5.74) is -0.0401. The number of hydrogen-bond donors (Lipinski definition) is 1. The van der Waals surface area contributed by atoms with Gasteiger partial charge in [0.25, 0.3) is 0 Å². The average molecular weight is 299 g/mol. The van der Waals surface area contributed by atoms with E-state index in [1.165, 1.54) is 4.68 Å². The quantitative estimate of drug-likeness (QED) is 0.871. The number of fused-ring (bicyclic) bond motifs is 1. The van der Waals surface area contributed by atoms with Gasteiger partial charge in [-0.3, -0.25) is 4.68 Å². The van der Waals surface area contributed by atoms with Crippen molar-refractivity contribution in [2.45, 2.75) is 13.1 Å². The van der Waals surface area contributed by atoms with Crippen LogP contribution >= 0.6 is 0 Å². The first kappa shape index (κ1) is 14.1. The lowest BCUT2D eigenvalue weighted by Gasteiger charge is -2.28. The van der Waals surface area contributed by atoms with Gasteiger partial charge in [0.05, 0.1) is 10.9 Å². The fourth-order valence-electron chi connectivity index (χ4n) is 2.61. The van der Waals surface area contributed by atoms with E-state index in [1.807, 2.05) is 4.90 Å². The third-order valence-electron chi connectivity index (χ3n) is 3.83. The molecule has 1 aliphatic heterocycles. The number of nitrogens with zero attached hydrogens (tertiary/aromatic N) is 4. The van der Waals surface area contributed by atoms with Crippen molar-refractivity contribution < 1.29 is 13.2 Å². The monoisotopic (exact) mass is 299 g/mol. The third kappa shape index (κ3) is 2.44. The van der Waals surface area contributed by atoms with E-state index in [1.54, 1.807) is 14.0 Å². The number of hydrogen-bond acceptors (Lipinski definition) is 4. The van der Waals surface area contributed by atoms with Crippen LogP contribution in [0.1, 0.15) is 11.3 Å². The fourth-order valence-corrected chi connectivity index (χ4v) is 2.61. The number of aromatic nitrogens is 3. The van der Waals surface area contributed by atoms with E-state index < -0.39 is 11.7 Å². The summed E-state index contributed by atoms with van der Waals surface area (Å²) < 4.78 is 41.5. The predicted octanol–water partition coefficient (Wildman–Crippen LogP) is 1.71. The van der Waals surface area contributed by atoms with E-state index in [9.17, 15) is 13.2 Å². The van der Waals surface area contributed by atoms with Crippen molar-refractivity contribution in [3.8, 4) is 0 Å². The third-order valence-corrected chi connectivity index (χ3v) is 3.83. The van der Waals surface area contributed by atoms with E-state index in [2.05, 4.69) is 15.4 Å². The fraction of sp³-hybridized carbons (Fsp3) is 0.538. The molecule has 1 saturated heterocycles. The van der Waals surface area contributed by atoms with Crippen molar-refractivity contribution in [3.63, 3.8) is 0 Å². The number of aryl methyl sites for hydroxylation is 2. The molecule has 21 heavy (non-hydrogen) atoms. The highest BCUT2D eigenvalue weighted by molar-refractivity contribution is 5.84. The van der Waals surface area contributed by atoms with Crippen molar-refractivity contribution in [1.29, 1.82) is 0 Å². The van der Waals surface area contributed by atoms with Gasteiger partial charge in [-0.2, -0.15) is 18.3 Å². The molecule has 0 amide bonds. The lowest BCUT2D eigenvalue weighted by molar-refractivity contribution is -0.136. The number of pyridine rings is 1. The number of rotatable bonds is 1. The Morgan fingerprint density at radius 1 is 1.24 bits per heavy atom. The molecule has 1 fully saturated rings. The normalized spacial score (nSPS) is 16.7. The Hall–Kier alpha value is -1.83. The molecule has 2 aromatic rings. The highest BCUT2D eigenvalue weighted by Gasteiger charge is 2.36. The molecule has 0 aromatic carbocycles. The van der Waals surface area contributed by atoms with Gasteiger partial charge in [0, 0.05) is 38.9 Å². The maximum atomic E-state index is 13.4. The first-order valence-electron chi connectivity index (χ1n) is 6.75. The Morgan fingerprint density at radius 2 is 1.90 bits per heavy atom. The van der Waals surface area contributed by atoms with Crippen molar-refractivity contribution in [2.24, 2.45) is 7.05 Å². The van der Waals surface area contributed by atoms with Gasteiger partial charge in [-0.1, -0.05) is 0 Å². The second kappa shape index (κ2) is 4.87. The number of alkyl halides is 3. The summed E-state index contributed by atoms with van der Waals surface area (Å²) in [4.78, 5) is 6.18. The number of piperazine rings is 1. The standard InChI is InChI=1S/C13H16F3N5/c1-8-11-9(13(14,15)16)7-10(18-12(11)19-20(8)2)21-5-3-17-4-6-21/h7,17H,3-6H2,1-2H3. The molecule has 1 N–H and O–H groups in total. The zero-order valence-corrected chi connectivity index (χ0v) is 11.8. The van der Waals surface area contributed by atoms with E-state index in [4.69, 9.17) is 0 Å². The van der Waals surface area contributed by atoms with Gasteiger partial charge >= 0.3 is 6.18 Å². The van der Waals surface area contributed by atoms with Gasteiger partial charge in [0.2, 0.25) is 0 Å². The summed E-state index contributed by atoms with van der Waals surface area (Å²) in [6.07, 6.45) is -4.42. The molecule has 0 spiro atoms. The largest absolute Gasteiger partial charge is 0.417 e. The summed E-state index contributed by atoms with van der Waals surface area (Å²) in [6.45, 7) is 4.38. The van der Waals surface area contributed by atoms with Gasteiger partial charge < -0.3 is 10.2 Å². The Morgan fingerprint density at radius 3 is 2.52 bits per heavy atom. The van der Waals surface area contributed by atoms with Crippen LogP contribution in [0.15, 0.2) is 6.07 Å². The summed E-state index contributed by atoms with van der Waals surface area (Å²) in [5, 5.41) is 7.36. The Bertz CT molecular complexity index is 670. The molecule has 1 aliphatic rings. The lowest BCUT2D eigenvalue weighted by Crippen LogP contribution is -2.44. The highest BCUT2D eigenvalue weighted by Crippen LogP contribution is 2.37. The average Bonchev–Trinajstić information content (AvgIpc) is 2.73. The van der Waals surface area contributed by atoms with Crippen LogP contribution in [0.4, 0.5) is 19.0 Å². The van der Waals surface area contributed by atoms with Crippen molar-refractivity contribution in [3.05, 3.63) is 17.3 Å². The van der Waals surface area contributed by atoms with Crippen molar-refractivity contribution >= 4 is 16.9 Å². The van der Waals surface area contributed by atoms with Crippen LogP contribution in [0.3, 0.4) is 0 Å². The molecular formula is C13H16F3N5. The summed E-state index contributed by atoms with van der Waals surface area (Å²) >= 11 is 0. The Balaban J connectivity index is 2.20. The minimum Gasteiger partial charge on any atom is -0.354 e. The van der Waals surface area contributed by atoms with Crippen LogP contribution in [-0.4, -0.2) is 40.9 Å². The molecule has 0 aliphatic carbocycles. The molecule has 8 heteroatoms. The molecule has 3 heterocycles. The van der Waals surface area contributed by atoms with Crippen molar-refractivity contribution in [2.75, 3.05) is 31.1 Å². The van der Waals surface area contributed by atoms with Crippen LogP contribution in [-0.2, 0) is 13.2 Å². The zero-order chi connectivity index (χ0) is 15.2. The smallest absolute Gasteiger partial charge is 0.354 e. The Labute approximate surface area is 119 Å². The zero-order valence-electron chi connectivity index (χ0n) is 11.8. The topological polar surface area (TPSA) is 46.0 Å². The van der Waals surface area contributed by atoms with Crippen LogP contribution < -0.4 is 10.2 Å². The summed E-state index contributed by atoms with van der Waals surface area (Å²) in [5.74, 6) is 0.342. The minimum atomic E-state index is -4.42. The second-order valence-corrected chi connectivity index (χ2v) is 5.17. The van der Waals surface area contributed by atoms with E-state index >= 15 is 0 Å². The van der Waals surface area contributed by atoms with Gasteiger partial charge in [-0.05, 0) is 13.0 Å². The van der Waals surface area contributed by atoms with Crippen LogP contribution in [0, 0.1) is 6.92 Å². The van der Waals surface area contributed by atoms with Gasteiger partial charge in [0.1, 0.15) is 5.82 Å². The number of halogens is 3. The highest BCUT2D eigenvalue weighted by atomic mass is 19.4. The molecule has 0 bridgehead atoms. The summed E-state index contributed by atoms with van der Waals surface area (Å²) in [6, 6.07) is 1.14. The maximum Gasteiger partial charge on any atom is 0.417 e. The first-order chi connectivity index (χ1) is 9.88. The van der Waals surface area contributed by atoms with Gasteiger partial charge in [-0.25, -0.2) is 4.98 Å². The predicted molar refractivity (Wildman–Crippen MR) is 73.3 cm³/mol. The van der Waals surface area contributed by atoms with E-state index in [-0.39, 0.29) is 11.0 Å².